The fourth-order valence-corrected chi connectivity index (χ4v) is 2.88. The molecule has 0 aliphatic heterocycles. The van der Waals surface area contributed by atoms with Crippen molar-refractivity contribution in [1.29, 1.82) is 0 Å². The third-order valence-electron chi connectivity index (χ3n) is 3.56. The quantitative estimate of drug-likeness (QED) is 0.824. The molecule has 23 heavy (non-hydrogen) atoms. The molecule has 6 nitrogen and oxygen atoms in total. The van der Waals surface area contributed by atoms with Gasteiger partial charge in [-0.3, -0.25) is 9.79 Å². The van der Waals surface area contributed by atoms with Gasteiger partial charge in [-0.1, -0.05) is 0 Å². The van der Waals surface area contributed by atoms with Crippen LogP contribution < -0.4 is 11.1 Å². The van der Waals surface area contributed by atoms with Gasteiger partial charge in [-0.05, 0) is 42.1 Å². The Hall–Kier alpha value is -2.54. The zero-order valence-corrected chi connectivity index (χ0v) is 13.5. The van der Waals surface area contributed by atoms with Gasteiger partial charge >= 0.3 is 0 Å². The number of hydrogen-bond donors (Lipinski definition) is 2. The molecule has 118 valence electrons. The summed E-state index contributed by atoms with van der Waals surface area (Å²) in [7, 11) is 1.70. The minimum atomic E-state index is 0.0245. The predicted octanol–water partition coefficient (Wildman–Crippen LogP) is 2.28. The first-order valence-electron chi connectivity index (χ1n) is 7.29. The van der Waals surface area contributed by atoms with E-state index in [1.165, 1.54) is 11.5 Å². The fourth-order valence-electron chi connectivity index (χ4n) is 2.24. The zero-order chi connectivity index (χ0) is 16.2. The summed E-state index contributed by atoms with van der Waals surface area (Å²) in [4.78, 5) is 21.3. The molecule has 0 saturated heterocycles. The Bertz CT molecular complexity index is 763. The molecule has 1 fully saturated rings. The highest BCUT2D eigenvalue weighted by Crippen LogP contribution is 2.31. The largest absolute Gasteiger partial charge is 0.404 e. The normalized spacial score (nSPS) is 15.1. The molecular weight excluding hydrogens is 310 g/mol. The molecule has 0 aromatic carbocycles. The van der Waals surface area contributed by atoms with E-state index in [9.17, 15) is 4.79 Å². The highest BCUT2D eigenvalue weighted by Gasteiger charge is 2.29. The topological polar surface area (TPSA) is 93.3 Å². The third-order valence-corrected chi connectivity index (χ3v) is 4.34. The molecule has 0 spiro atoms. The lowest BCUT2D eigenvalue weighted by atomic mass is 10.0. The number of nitrogens with one attached hydrogen (secondary N) is 1. The second-order valence-electron chi connectivity index (χ2n) is 5.26. The van der Waals surface area contributed by atoms with Gasteiger partial charge in [-0.2, -0.15) is 0 Å². The number of carbonyl (C=O) groups excluding carboxylic acids is 1. The van der Waals surface area contributed by atoms with Crippen molar-refractivity contribution in [3.63, 3.8) is 0 Å². The molecule has 3 N–H and O–H groups in total. The lowest BCUT2D eigenvalue weighted by Gasteiger charge is -2.11. The predicted molar refractivity (Wildman–Crippen MR) is 92.5 cm³/mol. The van der Waals surface area contributed by atoms with E-state index in [0.29, 0.717) is 5.82 Å². The first-order chi connectivity index (χ1) is 11.2. The van der Waals surface area contributed by atoms with Crippen LogP contribution in [0.3, 0.4) is 0 Å². The van der Waals surface area contributed by atoms with E-state index in [1.807, 2.05) is 12.1 Å². The number of nitrogens with zero attached hydrogens (tertiary/aromatic N) is 3. The molecule has 2 aromatic rings. The van der Waals surface area contributed by atoms with Gasteiger partial charge in [0.25, 0.3) is 0 Å². The maximum atomic E-state index is 11.9. The summed E-state index contributed by atoms with van der Waals surface area (Å²) < 4.78 is 4.12. The molecule has 3 rings (SSSR count). The Morgan fingerprint density at radius 1 is 1.52 bits per heavy atom. The van der Waals surface area contributed by atoms with Crippen molar-refractivity contribution in [2.75, 3.05) is 12.4 Å². The van der Waals surface area contributed by atoms with Gasteiger partial charge in [0.1, 0.15) is 5.82 Å². The number of carbonyl (C=O) groups is 1. The first-order valence-corrected chi connectivity index (χ1v) is 8.06. The molecule has 7 heteroatoms. The molecule has 1 amide bonds. The number of anilines is 1. The average Bonchev–Trinajstić information content (AvgIpc) is 3.28. The molecule has 1 aliphatic carbocycles. The summed E-state index contributed by atoms with van der Waals surface area (Å²) >= 11 is 1.36. The van der Waals surface area contributed by atoms with Gasteiger partial charge in [0.15, 0.2) is 0 Å². The van der Waals surface area contributed by atoms with Gasteiger partial charge in [-0.15, -0.1) is 0 Å². The van der Waals surface area contributed by atoms with E-state index in [-0.39, 0.29) is 11.8 Å². The summed E-state index contributed by atoms with van der Waals surface area (Å²) in [5, 5.41) is 2.86. The number of rotatable bonds is 5. The molecule has 2 aromatic heterocycles. The van der Waals surface area contributed by atoms with Crippen LogP contribution >= 0.6 is 11.5 Å². The highest BCUT2D eigenvalue weighted by molar-refractivity contribution is 7.07. The third kappa shape index (κ3) is 3.45. The second-order valence-corrected chi connectivity index (χ2v) is 6.10. The summed E-state index contributed by atoms with van der Waals surface area (Å²) in [6.45, 7) is 0. The van der Waals surface area contributed by atoms with Crippen LogP contribution in [-0.2, 0) is 4.79 Å². The zero-order valence-electron chi connectivity index (χ0n) is 12.7. The van der Waals surface area contributed by atoms with Crippen molar-refractivity contribution in [2.45, 2.75) is 12.8 Å². The van der Waals surface area contributed by atoms with Crippen molar-refractivity contribution >= 4 is 35.0 Å². The highest BCUT2D eigenvalue weighted by atomic mass is 32.1. The van der Waals surface area contributed by atoms with E-state index in [1.54, 1.807) is 31.9 Å². The Labute approximate surface area is 138 Å². The molecule has 0 atom stereocenters. The van der Waals surface area contributed by atoms with E-state index in [0.717, 1.165) is 34.4 Å². The molecule has 1 aliphatic rings. The van der Waals surface area contributed by atoms with E-state index >= 15 is 0 Å². The number of amides is 1. The minimum absolute atomic E-state index is 0.0245. The molecule has 0 radical (unpaired) electrons. The van der Waals surface area contributed by atoms with E-state index in [4.69, 9.17) is 5.73 Å². The van der Waals surface area contributed by atoms with E-state index < -0.39 is 0 Å². The van der Waals surface area contributed by atoms with E-state index in [2.05, 4.69) is 19.7 Å². The number of nitrogens with two attached hydrogens (primary N) is 1. The summed E-state index contributed by atoms with van der Waals surface area (Å²) in [5.74, 6) is 0.675. The van der Waals surface area contributed by atoms with Crippen molar-refractivity contribution < 1.29 is 4.79 Å². The van der Waals surface area contributed by atoms with Gasteiger partial charge in [0.2, 0.25) is 5.91 Å². The average molecular weight is 327 g/mol. The first kappa shape index (κ1) is 15.4. The van der Waals surface area contributed by atoms with Crippen LogP contribution in [0.15, 0.2) is 35.7 Å². The smallest absolute Gasteiger partial charge is 0.228 e. The maximum absolute atomic E-state index is 11.9. The lowest BCUT2D eigenvalue weighted by molar-refractivity contribution is -0.117. The van der Waals surface area contributed by atoms with Crippen molar-refractivity contribution in [1.82, 2.24) is 9.36 Å². The van der Waals surface area contributed by atoms with Crippen molar-refractivity contribution in [2.24, 2.45) is 16.6 Å². The van der Waals surface area contributed by atoms with Crippen LogP contribution in [0.4, 0.5) is 5.82 Å². The Morgan fingerprint density at radius 2 is 2.35 bits per heavy atom. The Balaban J connectivity index is 1.99. The minimum Gasteiger partial charge on any atom is -0.404 e. The molecule has 0 unspecified atom stereocenters. The monoisotopic (exact) mass is 327 g/mol. The Kier molecular flexibility index (Phi) is 4.47. The van der Waals surface area contributed by atoms with Crippen LogP contribution in [0.2, 0.25) is 0 Å². The van der Waals surface area contributed by atoms with Crippen molar-refractivity contribution in [3.05, 3.63) is 46.7 Å². The Morgan fingerprint density at radius 3 is 2.96 bits per heavy atom. The van der Waals surface area contributed by atoms with Gasteiger partial charge in [0.05, 0.1) is 4.88 Å². The lowest BCUT2D eigenvalue weighted by Crippen LogP contribution is -2.15. The van der Waals surface area contributed by atoms with Crippen LogP contribution in [-0.4, -0.2) is 28.5 Å². The van der Waals surface area contributed by atoms with Gasteiger partial charge in [-0.25, -0.2) is 9.36 Å². The molecule has 1 saturated carbocycles. The number of pyridine rings is 1. The summed E-state index contributed by atoms with van der Waals surface area (Å²) in [6, 6.07) is 3.73. The maximum Gasteiger partial charge on any atom is 0.228 e. The molecular formula is C16H17N5OS. The molecule has 0 bridgehead atoms. The SMILES string of the molecule is CN=Cc1cnc(NC(=O)C2CC2)cc1/C(=C\N)c1ccns1. The van der Waals surface area contributed by atoms with Gasteiger partial charge in [0, 0.05) is 48.9 Å². The summed E-state index contributed by atoms with van der Waals surface area (Å²) in [6.07, 6.45) is 8.59. The van der Waals surface area contributed by atoms with Crippen molar-refractivity contribution in [3.8, 4) is 0 Å². The fraction of sp³-hybridized carbons (Fsp3) is 0.250. The number of aliphatic imine (C=N–C) groups is 1. The summed E-state index contributed by atoms with van der Waals surface area (Å²) in [5.41, 5.74) is 8.37. The number of aromatic nitrogens is 2. The van der Waals surface area contributed by atoms with Crippen LogP contribution in [0, 0.1) is 5.92 Å². The molecule has 2 heterocycles. The van der Waals surface area contributed by atoms with Gasteiger partial charge < -0.3 is 11.1 Å². The van der Waals surface area contributed by atoms with Crippen LogP contribution in [0.5, 0.6) is 0 Å². The van der Waals surface area contributed by atoms with Crippen LogP contribution in [0.1, 0.15) is 28.8 Å². The second kappa shape index (κ2) is 6.70. The number of hydrogen-bond acceptors (Lipinski definition) is 6. The van der Waals surface area contributed by atoms with Crippen LogP contribution in [0.25, 0.3) is 5.57 Å². The standard InChI is InChI=1S/C16H17N5OS/c1-18-8-11-9-19-15(21-16(22)10-2-3-10)6-12(11)13(7-17)14-4-5-20-23-14/h4-10H,2-3,17H2,1H3,(H,19,21,22)/b13-7+,18-8?.